The van der Waals surface area contributed by atoms with Gasteiger partial charge < -0.3 is 9.64 Å². The molecule has 0 aromatic heterocycles. The fraction of sp³-hybridized carbons (Fsp3) is 0.500. The number of amides is 1. The molecule has 0 bridgehead atoms. The second kappa shape index (κ2) is 4.15. The number of benzene rings is 1. The minimum absolute atomic E-state index is 0.196. The summed E-state index contributed by atoms with van der Waals surface area (Å²) in [7, 11) is 1.76. The molecule has 0 unspecified atom stereocenters. The van der Waals surface area contributed by atoms with Crippen LogP contribution in [0.15, 0.2) is 24.3 Å². The van der Waals surface area contributed by atoms with E-state index in [9.17, 15) is 4.79 Å². The maximum Gasteiger partial charge on any atom is 0.254 e. The quantitative estimate of drug-likeness (QED) is 0.797. The highest BCUT2D eigenvalue weighted by Gasteiger charge is 2.34. The van der Waals surface area contributed by atoms with Gasteiger partial charge in [-0.2, -0.15) is 0 Å². The van der Waals surface area contributed by atoms with Gasteiger partial charge in [-0.3, -0.25) is 4.79 Å². The molecule has 2 aliphatic rings. The summed E-state index contributed by atoms with van der Waals surface area (Å²) in [5, 5.41) is 0. The predicted octanol–water partition coefficient (Wildman–Crippen LogP) is 2.07. The molecule has 17 heavy (non-hydrogen) atoms. The molecule has 0 radical (unpaired) electrons. The molecule has 3 nitrogen and oxygen atoms in total. The zero-order valence-electron chi connectivity index (χ0n) is 10.1. The van der Waals surface area contributed by atoms with Crippen LogP contribution in [0.2, 0.25) is 0 Å². The zero-order chi connectivity index (χ0) is 11.8. The molecule has 0 saturated heterocycles. The average Bonchev–Trinajstić information content (AvgIpc) is 2.61. The van der Waals surface area contributed by atoms with Crippen molar-refractivity contribution in [3.63, 3.8) is 0 Å². The van der Waals surface area contributed by atoms with Crippen molar-refractivity contribution in [3.05, 3.63) is 35.4 Å². The van der Waals surface area contributed by atoms with Gasteiger partial charge in [0, 0.05) is 25.8 Å². The molecule has 3 rings (SSSR count). The van der Waals surface area contributed by atoms with Crippen LogP contribution in [0, 0.1) is 5.92 Å². The van der Waals surface area contributed by atoms with Gasteiger partial charge in [-0.25, -0.2) is 0 Å². The normalized spacial score (nSPS) is 26.9. The minimum Gasteiger partial charge on any atom is -0.381 e. The van der Waals surface area contributed by atoms with Crippen molar-refractivity contribution in [2.75, 3.05) is 13.7 Å². The number of fused-ring (bicyclic) bond motifs is 1. The molecule has 1 aromatic carbocycles. The van der Waals surface area contributed by atoms with E-state index >= 15 is 0 Å². The molecule has 1 aromatic rings. The standard InChI is InChI=1S/C14H17NO2/c1-17-12-6-10(7-12)8-15-9-11-4-2-3-5-13(11)14(15)16/h2-5,10,12H,6-9H2,1H3. The van der Waals surface area contributed by atoms with Crippen molar-refractivity contribution < 1.29 is 9.53 Å². The monoisotopic (exact) mass is 231 g/mol. The molecule has 1 amide bonds. The Morgan fingerprint density at radius 2 is 2.12 bits per heavy atom. The lowest BCUT2D eigenvalue weighted by atomic mass is 9.82. The van der Waals surface area contributed by atoms with Crippen molar-refractivity contribution in [1.29, 1.82) is 0 Å². The Hall–Kier alpha value is -1.35. The van der Waals surface area contributed by atoms with E-state index in [1.54, 1.807) is 7.11 Å². The van der Waals surface area contributed by atoms with Crippen molar-refractivity contribution in [3.8, 4) is 0 Å². The summed E-state index contributed by atoms with van der Waals surface area (Å²) < 4.78 is 5.27. The third-order valence-electron chi connectivity index (χ3n) is 3.90. The smallest absolute Gasteiger partial charge is 0.254 e. The van der Waals surface area contributed by atoms with E-state index in [1.165, 1.54) is 5.56 Å². The van der Waals surface area contributed by atoms with Gasteiger partial charge in [0.2, 0.25) is 0 Å². The fourth-order valence-electron chi connectivity index (χ4n) is 2.79. The van der Waals surface area contributed by atoms with Crippen LogP contribution < -0.4 is 0 Å². The molecular formula is C14H17NO2. The van der Waals surface area contributed by atoms with Crippen LogP contribution in [0.3, 0.4) is 0 Å². The van der Waals surface area contributed by atoms with Gasteiger partial charge in [-0.1, -0.05) is 18.2 Å². The number of ether oxygens (including phenoxy) is 1. The highest BCUT2D eigenvalue weighted by Crippen LogP contribution is 2.32. The molecule has 90 valence electrons. The first-order valence-corrected chi connectivity index (χ1v) is 6.18. The lowest BCUT2D eigenvalue weighted by Gasteiger charge is -2.36. The van der Waals surface area contributed by atoms with E-state index in [0.717, 1.165) is 31.5 Å². The molecule has 1 saturated carbocycles. The maximum atomic E-state index is 12.1. The summed E-state index contributed by atoms with van der Waals surface area (Å²) in [5.41, 5.74) is 2.05. The van der Waals surface area contributed by atoms with E-state index in [0.29, 0.717) is 12.0 Å². The Bertz CT molecular complexity index is 438. The van der Waals surface area contributed by atoms with Gasteiger partial charge in [0.25, 0.3) is 5.91 Å². The number of hydrogen-bond donors (Lipinski definition) is 0. The first-order valence-electron chi connectivity index (χ1n) is 6.18. The van der Waals surface area contributed by atoms with Gasteiger partial charge in [0.15, 0.2) is 0 Å². The summed E-state index contributed by atoms with van der Waals surface area (Å²) >= 11 is 0. The lowest BCUT2D eigenvalue weighted by Crippen LogP contribution is -2.39. The summed E-state index contributed by atoms with van der Waals surface area (Å²) in [6.45, 7) is 1.66. The highest BCUT2D eigenvalue weighted by molar-refractivity contribution is 5.98. The van der Waals surface area contributed by atoms with E-state index in [-0.39, 0.29) is 5.91 Å². The highest BCUT2D eigenvalue weighted by atomic mass is 16.5. The topological polar surface area (TPSA) is 29.5 Å². The van der Waals surface area contributed by atoms with Gasteiger partial charge in [-0.15, -0.1) is 0 Å². The minimum atomic E-state index is 0.196. The van der Waals surface area contributed by atoms with Gasteiger partial charge >= 0.3 is 0 Å². The Kier molecular flexibility index (Phi) is 2.63. The number of nitrogens with zero attached hydrogens (tertiary/aromatic N) is 1. The molecule has 1 aliphatic carbocycles. The summed E-state index contributed by atoms with van der Waals surface area (Å²) in [4.78, 5) is 14.1. The van der Waals surface area contributed by atoms with Crippen molar-refractivity contribution in [2.24, 2.45) is 5.92 Å². The van der Waals surface area contributed by atoms with Crippen molar-refractivity contribution in [2.45, 2.75) is 25.5 Å². The SMILES string of the molecule is COC1CC(CN2Cc3ccccc3C2=O)C1. The van der Waals surface area contributed by atoms with Gasteiger partial charge in [-0.05, 0) is 30.4 Å². The van der Waals surface area contributed by atoms with Crippen LogP contribution in [-0.4, -0.2) is 30.6 Å². The first kappa shape index (κ1) is 10.8. The summed E-state index contributed by atoms with van der Waals surface area (Å²) in [6.07, 6.45) is 2.60. The number of rotatable bonds is 3. The van der Waals surface area contributed by atoms with Crippen LogP contribution >= 0.6 is 0 Å². The Balaban J connectivity index is 1.63. The molecule has 0 N–H and O–H groups in total. The molecule has 3 heteroatoms. The second-order valence-corrected chi connectivity index (χ2v) is 5.04. The largest absolute Gasteiger partial charge is 0.381 e. The third-order valence-corrected chi connectivity index (χ3v) is 3.90. The molecule has 0 spiro atoms. The first-order chi connectivity index (χ1) is 8.28. The maximum absolute atomic E-state index is 12.1. The number of hydrogen-bond acceptors (Lipinski definition) is 2. The lowest BCUT2D eigenvalue weighted by molar-refractivity contribution is -0.00933. The predicted molar refractivity (Wildman–Crippen MR) is 64.7 cm³/mol. The fourth-order valence-corrected chi connectivity index (χ4v) is 2.79. The molecule has 1 aliphatic heterocycles. The average molecular weight is 231 g/mol. The van der Waals surface area contributed by atoms with Gasteiger partial charge in [0.05, 0.1) is 6.10 Å². The van der Waals surface area contributed by atoms with Gasteiger partial charge in [0.1, 0.15) is 0 Å². The second-order valence-electron chi connectivity index (χ2n) is 5.04. The van der Waals surface area contributed by atoms with Crippen LogP contribution in [0.1, 0.15) is 28.8 Å². The molecular weight excluding hydrogens is 214 g/mol. The van der Waals surface area contributed by atoms with E-state index in [1.807, 2.05) is 29.2 Å². The Morgan fingerprint density at radius 3 is 2.82 bits per heavy atom. The van der Waals surface area contributed by atoms with E-state index in [4.69, 9.17) is 4.74 Å². The van der Waals surface area contributed by atoms with Crippen molar-refractivity contribution >= 4 is 5.91 Å². The Morgan fingerprint density at radius 1 is 1.35 bits per heavy atom. The molecule has 0 atom stereocenters. The third kappa shape index (κ3) is 1.84. The van der Waals surface area contributed by atoms with E-state index in [2.05, 4.69) is 0 Å². The number of methoxy groups -OCH3 is 1. The number of carbonyl (C=O) groups is 1. The van der Waals surface area contributed by atoms with Crippen LogP contribution in [0.4, 0.5) is 0 Å². The van der Waals surface area contributed by atoms with Crippen molar-refractivity contribution in [1.82, 2.24) is 4.90 Å². The molecule has 1 heterocycles. The van der Waals surface area contributed by atoms with Crippen LogP contribution in [0.25, 0.3) is 0 Å². The Labute approximate surface area is 101 Å². The molecule has 1 fully saturated rings. The van der Waals surface area contributed by atoms with Crippen LogP contribution in [0.5, 0.6) is 0 Å². The zero-order valence-corrected chi connectivity index (χ0v) is 10.1. The summed E-state index contributed by atoms with van der Waals surface area (Å²) in [6, 6.07) is 7.91. The van der Waals surface area contributed by atoms with E-state index < -0.39 is 0 Å². The number of carbonyl (C=O) groups excluding carboxylic acids is 1. The van der Waals surface area contributed by atoms with Crippen LogP contribution in [-0.2, 0) is 11.3 Å². The summed E-state index contributed by atoms with van der Waals surface area (Å²) in [5.74, 6) is 0.819.